The van der Waals surface area contributed by atoms with E-state index >= 15 is 0 Å². The summed E-state index contributed by atoms with van der Waals surface area (Å²) in [5, 5.41) is 1.02. The molecule has 5 nitrogen and oxygen atoms in total. The molecule has 19 heavy (non-hydrogen) atoms. The number of aromatic nitrogens is 2. The van der Waals surface area contributed by atoms with Gasteiger partial charge in [-0.25, -0.2) is 4.98 Å². The van der Waals surface area contributed by atoms with Gasteiger partial charge in [-0.05, 0) is 25.3 Å². The van der Waals surface area contributed by atoms with Crippen molar-refractivity contribution in [1.29, 1.82) is 0 Å². The minimum atomic E-state index is -0.433. The Morgan fingerprint density at radius 2 is 2.16 bits per heavy atom. The first-order chi connectivity index (χ1) is 9.17. The summed E-state index contributed by atoms with van der Waals surface area (Å²) >= 11 is 1.33. The van der Waals surface area contributed by atoms with E-state index in [9.17, 15) is 9.59 Å². The minimum Gasteiger partial charge on any atom is -0.465 e. The molecule has 0 aliphatic carbocycles. The Bertz CT molecular complexity index is 666. The second-order valence-electron chi connectivity index (χ2n) is 3.81. The number of ether oxygens (including phenoxy) is 1. The summed E-state index contributed by atoms with van der Waals surface area (Å²) in [5.41, 5.74) is 0.417. The molecule has 0 aliphatic heterocycles. The lowest BCUT2D eigenvalue weighted by Gasteiger charge is -2.10. The van der Waals surface area contributed by atoms with Crippen molar-refractivity contribution in [1.82, 2.24) is 9.55 Å². The van der Waals surface area contributed by atoms with Crippen molar-refractivity contribution in [3.8, 4) is 0 Å². The van der Waals surface area contributed by atoms with Gasteiger partial charge in [-0.2, -0.15) is 0 Å². The molecule has 1 heterocycles. The minimum absolute atomic E-state index is 0.110. The zero-order chi connectivity index (χ0) is 13.8. The van der Waals surface area contributed by atoms with Crippen molar-refractivity contribution < 1.29 is 9.53 Å². The molecule has 0 saturated heterocycles. The van der Waals surface area contributed by atoms with Gasteiger partial charge in [-0.1, -0.05) is 23.9 Å². The summed E-state index contributed by atoms with van der Waals surface area (Å²) in [6.45, 7) is 1.92. The van der Waals surface area contributed by atoms with Gasteiger partial charge in [-0.3, -0.25) is 14.2 Å². The fourth-order valence-corrected chi connectivity index (χ4v) is 2.34. The Morgan fingerprint density at radius 1 is 1.42 bits per heavy atom. The Hall–Kier alpha value is -1.82. The first-order valence-electron chi connectivity index (χ1n) is 5.86. The molecule has 0 fully saturated rings. The van der Waals surface area contributed by atoms with Crippen molar-refractivity contribution in [2.45, 2.75) is 18.6 Å². The summed E-state index contributed by atoms with van der Waals surface area (Å²) in [4.78, 5) is 28.3. The van der Waals surface area contributed by atoms with Gasteiger partial charge in [0.05, 0.1) is 17.5 Å². The van der Waals surface area contributed by atoms with E-state index < -0.39 is 5.97 Å². The predicted octanol–water partition coefficient (Wildman–Crippen LogP) is 1.68. The lowest BCUT2D eigenvalue weighted by atomic mass is 10.2. The molecule has 0 radical (unpaired) electrons. The highest BCUT2D eigenvalue weighted by Gasteiger charge is 2.13. The molecule has 2 rings (SSSR count). The third-order valence-corrected chi connectivity index (χ3v) is 3.28. The number of hydrogen-bond donors (Lipinski definition) is 0. The number of carbonyl (C=O) groups is 1. The first kappa shape index (κ1) is 13.6. The quantitative estimate of drug-likeness (QED) is 0.484. The summed E-state index contributed by atoms with van der Waals surface area (Å²) in [6.07, 6.45) is 1.82. The molecule has 1 aromatic carbocycles. The van der Waals surface area contributed by atoms with E-state index in [2.05, 4.69) is 4.98 Å². The zero-order valence-electron chi connectivity index (χ0n) is 10.8. The van der Waals surface area contributed by atoms with Crippen LogP contribution in [0.15, 0.2) is 34.2 Å². The fraction of sp³-hybridized carbons (Fsp3) is 0.308. The molecule has 6 heteroatoms. The largest absolute Gasteiger partial charge is 0.465 e. The summed E-state index contributed by atoms with van der Waals surface area (Å²) < 4.78 is 6.23. The number of fused-ring (bicyclic) bond motifs is 1. The molecular formula is C13H14N2O3S. The zero-order valence-corrected chi connectivity index (χ0v) is 11.6. The molecule has 0 bridgehead atoms. The van der Waals surface area contributed by atoms with Gasteiger partial charge in [0.2, 0.25) is 0 Å². The summed E-state index contributed by atoms with van der Waals surface area (Å²) in [5.74, 6) is -0.433. The second-order valence-corrected chi connectivity index (χ2v) is 4.59. The van der Waals surface area contributed by atoms with Crippen molar-refractivity contribution in [3.63, 3.8) is 0 Å². The number of nitrogens with zero attached hydrogens (tertiary/aromatic N) is 2. The van der Waals surface area contributed by atoms with E-state index in [1.165, 1.54) is 16.3 Å². The predicted molar refractivity (Wildman–Crippen MR) is 74.4 cm³/mol. The average Bonchev–Trinajstić information content (AvgIpc) is 2.42. The highest BCUT2D eigenvalue weighted by Crippen LogP contribution is 2.14. The van der Waals surface area contributed by atoms with Gasteiger partial charge in [-0.15, -0.1) is 0 Å². The van der Waals surface area contributed by atoms with E-state index in [-0.39, 0.29) is 12.1 Å². The van der Waals surface area contributed by atoms with Gasteiger partial charge in [0.1, 0.15) is 6.54 Å². The van der Waals surface area contributed by atoms with Gasteiger partial charge in [0.15, 0.2) is 5.16 Å². The standard InChI is InChI=1S/C13H14N2O3S/c1-3-18-11(16)8-15-12(17)9-6-4-5-7-10(9)14-13(15)19-2/h4-7H,3,8H2,1-2H3. The van der Waals surface area contributed by atoms with Crippen molar-refractivity contribution in [2.24, 2.45) is 0 Å². The van der Waals surface area contributed by atoms with E-state index in [1.807, 2.05) is 12.3 Å². The third kappa shape index (κ3) is 2.78. The number of carbonyl (C=O) groups excluding carboxylic acids is 1. The van der Waals surface area contributed by atoms with Crippen LogP contribution in [0.2, 0.25) is 0 Å². The molecule has 0 spiro atoms. The lowest BCUT2D eigenvalue weighted by molar-refractivity contribution is -0.144. The molecule has 0 atom stereocenters. The maximum Gasteiger partial charge on any atom is 0.326 e. The Labute approximate surface area is 114 Å². The first-order valence-corrected chi connectivity index (χ1v) is 7.09. The van der Waals surface area contributed by atoms with Crippen LogP contribution in [0.25, 0.3) is 10.9 Å². The van der Waals surface area contributed by atoms with Crippen molar-refractivity contribution in [3.05, 3.63) is 34.6 Å². The van der Waals surface area contributed by atoms with Crippen molar-refractivity contribution in [2.75, 3.05) is 12.9 Å². The Kier molecular flexibility index (Phi) is 4.21. The number of thioether (sulfide) groups is 1. The van der Waals surface area contributed by atoms with Crippen LogP contribution >= 0.6 is 11.8 Å². The molecule has 0 amide bonds. The van der Waals surface area contributed by atoms with E-state index in [1.54, 1.807) is 25.1 Å². The number of benzene rings is 1. The van der Waals surface area contributed by atoms with Crippen molar-refractivity contribution >= 4 is 28.6 Å². The third-order valence-electron chi connectivity index (χ3n) is 2.60. The molecular weight excluding hydrogens is 264 g/mol. The van der Waals surface area contributed by atoms with E-state index in [4.69, 9.17) is 4.74 Å². The smallest absolute Gasteiger partial charge is 0.326 e. The van der Waals surface area contributed by atoms with Crippen LogP contribution in [0.4, 0.5) is 0 Å². The number of esters is 1. The highest BCUT2D eigenvalue weighted by molar-refractivity contribution is 7.98. The molecule has 0 saturated carbocycles. The number of para-hydroxylation sites is 1. The van der Waals surface area contributed by atoms with Gasteiger partial charge in [0.25, 0.3) is 5.56 Å². The van der Waals surface area contributed by atoms with Crippen LogP contribution in [-0.2, 0) is 16.1 Å². The normalized spacial score (nSPS) is 10.6. The topological polar surface area (TPSA) is 61.2 Å². The van der Waals surface area contributed by atoms with Gasteiger partial charge >= 0.3 is 5.97 Å². The Morgan fingerprint density at radius 3 is 2.84 bits per heavy atom. The molecule has 1 aromatic heterocycles. The molecule has 0 N–H and O–H groups in total. The monoisotopic (exact) mass is 278 g/mol. The number of hydrogen-bond acceptors (Lipinski definition) is 5. The van der Waals surface area contributed by atoms with Crippen LogP contribution in [-0.4, -0.2) is 28.4 Å². The SMILES string of the molecule is CCOC(=O)Cn1c(SC)nc2ccccc2c1=O. The van der Waals surface area contributed by atoms with Gasteiger partial charge in [0, 0.05) is 0 Å². The Balaban J connectivity index is 2.55. The molecule has 0 aliphatic rings. The average molecular weight is 278 g/mol. The van der Waals surface area contributed by atoms with Crippen LogP contribution in [0, 0.1) is 0 Å². The second kappa shape index (κ2) is 5.88. The lowest BCUT2D eigenvalue weighted by Crippen LogP contribution is -2.27. The molecule has 0 unspecified atom stereocenters. The van der Waals surface area contributed by atoms with E-state index in [0.29, 0.717) is 22.7 Å². The highest BCUT2D eigenvalue weighted by atomic mass is 32.2. The summed E-state index contributed by atoms with van der Waals surface area (Å²) in [7, 11) is 0. The maximum atomic E-state index is 12.3. The fourth-order valence-electron chi connectivity index (χ4n) is 1.78. The maximum absolute atomic E-state index is 12.3. The van der Waals surface area contributed by atoms with Crippen LogP contribution in [0.1, 0.15) is 6.92 Å². The van der Waals surface area contributed by atoms with Gasteiger partial charge < -0.3 is 4.74 Å². The number of rotatable bonds is 4. The molecule has 2 aromatic rings. The van der Waals surface area contributed by atoms with Crippen LogP contribution in [0.3, 0.4) is 0 Å². The van der Waals surface area contributed by atoms with Crippen LogP contribution < -0.4 is 5.56 Å². The summed E-state index contributed by atoms with van der Waals surface area (Å²) in [6, 6.07) is 7.09. The van der Waals surface area contributed by atoms with Crippen LogP contribution in [0.5, 0.6) is 0 Å². The van der Waals surface area contributed by atoms with E-state index in [0.717, 1.165) is 0 Å². The molecule has 100 valence electrons.